The zero-order valence-electron chi connectivity index (χ0n) is 16.1. The van der Waals surface area contributed by atoms with Gasteiger partial charge in [0.2, 0.25) is 17.6 Å². The molecule has 1 atom stereocenters. The number of furan rings is 1. The maximum absolute atomic E-state index is 13.1. The quantitative estimate of drug-likeness (QED) is 0.539. The second-order valence-electron chi connectivity index (χ2n) is 6.57. The van der Waals surface area contributed by atoms with Crippen molar-refractivity contribution in [3.8, 4) is 23.3 Å². The lowest BCUT2D eigenvalue weighted by atomic mass is 10.1. The summed E-state index contributed by atoms with van der Waals surface area (Å²) >= 11 is 0. The first kappa shape index (κ1) is 19.1. The van der Waals surface area contributed by atoms with Crippen LogP contribution in [0.4, 0.5) is 4.39 Å². The molecule has 8 nitrogen and oxygen atoms in total. The number of carbonyl (C=O) groups excluding carboxylic acids is 1. The lowest BCUT2D eigenvalue weighted by Crippen LogP contribution is -2.27. The Bertz CT molecular complexity index is 1230. The Morgan fingerprint density at radius 1 is 1.27 bits per heavy atom. The number of nitrogens with one attached hydrogen (secondary N) is 1. The highest BCUT2D eigenvalue weighted by molar-refractivity contribution is 5.98. The van der Waals surface area contributed by atoms with Gasteiger partial charge >= 0.3 is 0 Å². The minimum Gasteiger partial charge on any atom is -0.443 e. The summed E-state index contributed by atoms with van der Waals surface area (Å²) in [6.07, 6.45) is 3.44. The lowest BCUT2D eigenvalue weighted by molar-refractivity contribution is 0.0930. The molecule has 1 N–H and O–H groups in total. The average molecular weight is 405 g/mol. The van der Waals surface area contributed by atoms with Crippen LogP contribution in [0.3, 0.4) is 0 Å². The number of hydrogen-bond acceptors (Lipinski definition) is 6. The van der Waals surface area contributed by atoms with E-state index in [1.54, 1.807) is 42.9 Å². The SMILES string of the molecule is Cc1oc(-n2cccc2)c(C#N)c1C(=O)N[C@H](C)c1nc(-c2ccc(F)cc2)no1. The molecule has 150 valence electrons. The van der Waals surface area contributed by atoms with Crippen LogP contribution in [-0.2, 0) is 0 Å². The number of carbonyl (C=O) groups is 1. The fraction of sp³-hybridized carbons (Fsp3) is 0.143. The van der Waals surface area contributed by atoms with E-state index in [2.05, 4.69) is 15.5 Å². The Kier molecular flexibility index (Phi) is 4.90. The second-order valence-corrected chi connectivity index (χ2v) is 6.57. The Morgan fingerprint density at radius 2 is 1.97 bits per heavy atom. The molecule has 0 saturated carbocycles. The van der Waals surface area contributed by atoms with E-state index in [9.17, 15) is 14.4 Å². The van der Waals surface area contributed by atoms with Crippen LogP contribution in [0.1, 0.15) is 40.5 Å². The molecule has 1 amide bonds. The van der Waals surface area contributed by atoms with Gasteiger partial charge in [0.1, 0.15) is 34.8 Å². The van der Waals surface area contributed by atoms with Crippen LogP contribution in [0.25, 0.3) is 17.3 Å². The summed E-state index contributed by atoms with van der Waals surface area (Å²) in [5.41, 5.74) is 0.857. The number of amides is 1. The number of benzene rings is 1. The first-order valence-electron chi connectivity index (χ1n) is 9.05. The number of nitriles is 1. The fourth-order valence-electron chi connectivity index (χ4n) is 3.02. The molecule has 4 aromatic rings. The van der Waals surface area contributed by atoms with E-state index < -0.39 is 11.9 Å². The number of halogens is 1. The van der Waals surface area contributed by atoms with E-state index in [0.717, 1.165) is 0 Å². The monoisotopic (exact) mass is 405 g/mol. The van der Waals surface area contributed by atoms with Gasteiger partial charge in [-0.05, 0) is 50.2 Å². The van der Waals surface area contributed by atoms with Crippen molar-refractivity contribution in [3.05, 3.63) is 77.4 Å². The number of rotatable bonds is 5. The van der Waals surface area contributed by atoms with Crippen LogP contribution in [-0.4, -0.2) is 20.6 Å². The molecule has 4 rings (SSSR count). The molecule has 0 unspecified atom stereocenters. The molecule has 0 aliphatic carbocycles. The van der Waals surface area contributed by atoms with Crippen molar-refractivity contribution in [1.29, 1.82) is 5.26 Å². The third kappa shape index (κ3) is 3.46. The molecular formula is C21H16FN5O3. The van der Waals surface area contributed by atoms with Crippen LogP contribution in [0.15, 0.2) is 57.7 Å². The molecule has 30 heavy (non-hydrogen) atoms. The average Bonchev–Trinajstić information content (AvgIpc) is 3.47. The molecule has 0 radical (unpaired) electrons. The molecular weight excluding hydrogens is 389 g/mol. The maximum Gasteiger partial charge on any atom is 0.256 e. The maximum atomic E-state index is 13.1. The zero-order chi connectivity index (χ0) is 21.3. The van der Waals surface area contributed by atoms with Gasteiger partial charge in [0.15, 0.2) is 0 Å². The lowest BCUT2D eigenvalue weighted by Gasteiger charge is -2.09. The highest BCUT2D eigenvalue weighted by Gasteiger charge is 2.27. The normalized spacial score (nSPS) is 11.8. The van der Waals surface area contributed by atoms with E-state index in [1.165, 1.54) is 24.3 Å². The minimum absolute atomic E-state index is 0.130. The van der Waals surface area contributed by atoms with Crippen molar-refractivity contribution in [3.63, 3.8) is 0 Å². The Labute approximate surface area is 170 Å². The van der Waals surface area contributed by atoms with E-state index in [0.29, 0.717) is 11.3 Å². The van der Waals surface area contributed by atoms with Crippen molar-refractivity contribution in [1.82, 2.24) is 20.0 Å². The molecule has 3 aromatic heterocycles. The van der Waals surface area contributed by atoms with Crippen molar-refractivity contribution >= 4 is 5.91 Å². The summed E-state index contributed by atoms with van der Waals surface area (Å²) in [6, 6.07) is 10.6. The van der Waals surface area contributed by atoms with Crippen LogP contribution in [0.5, 0.6) is 0 Å². The Balaban J connectivity index is 1.56. The number of aromatic nitrogens is 3. The van der Waals surface area contributed by atoms with Crippen LogP contribution in [0.2, 0.25) is 0 Å². The summed E-state index contributed by atoms with van der Waals surface area (Å²) in [5, 5.41) is 16.2. The molecule has 0 fully saturated rings. The summed E-state index contributed by atoms with van der Waals surface area (Å²) in [6.45, 7) is 3.29. The highest BCUT2D eigenvalue weighted by atomic mass is 19.1. The van der Waals surface area contributed by atoms with Crippen molar-refractivity contribution < 1.29 is 18.1 Å². The van der Waals surface area contributed by atoms with Gasteiger partial charge in [-0.3, -0.25) is 9.36 Å². The predicted molar refractivity (Wildman–Crippen MR) is 103 cm³/mol. The molecule has 9 heteroatoms. The molecule has 0 spiro atoms. The number of aryl methyl sites for hydroxylation is 1. The van der Waals surface area contributed by atoms with Crippen molar-refractivity contribution in [2.24, 2.45) is 0 Å². The smallest absolute Gasteiger partial charge is 0.256 e. The third-order valence-electron chi connectivity index (χ3n) is 4.51. The summed E-state index contributed by atoms with van der Waals surface area (Å²) in [5.74, 6) is 0.171. The van der Waals surface area contributed by atoms with Crippen molar-refractivity contribution in [2.75, 3.05) is 0 Å². The van der Waals surface area contributed by atoms with Crippen LogP contribution in [0, 0.1) is 24.1 Å². The Morgan fingerprint density at radius 3 is 2.63 bits per heavy atom. The van der Waals surface area contributed by atoms with Crippen molar-refractivity contribution in [2.45, 2.75) is 19.9 Å². The fourth-order valence-corrected chi connectivity index (χ4v) is 3.02. The van der Waals surface area contributed by atoms with Gasteiger partial charge in [-0.15, -0.1) is 0 Å². The largest absolute Gasteiger partial charge is 0.443 e. The Hall–Kier alpha value is -4.19. The third-order valence-corrected chi connectivity index (χ3v) is 4.51. The van der Waals surface area contributed by atoms with E-state index in [-0.39, 0.29) is 34.5 Å². The molecule has 0 bridgehead atoms. The first-order chi connectivity index (χ1) is 14.5. The van der Waals surface area contributed by atoms with Crippen LogP contribution < -0.4 is 5.32 Å². The predicted octanol–water partition coefficient (Wildman–Crippen LogP) is 3.93. The molecule has 0 aliphatic heterocycles. The second kappa shape index (κ2) is 7.67. The van der Waals surface area contributed by atoms with Gasteiger partial charge in [0.25, 0.3) is 5.91 Å². The van der Waals surface area contributed by atoms with Gasteiger partial charge in [-0.25, -0.2) is 4.39 Å². The summed E-state index contributed by atoms with van der Waals surface area (Å²) in [4.78, 5) is 17.1. The van der Waals surface area contributed by atoms with Gasteiger partial charge < -0.3 is 14.3 Å². The minimum atomic E-state index is -0.630. The van der Waals surface area contributed by atoms with E-state index >= 15 is 0 Å². The van der Waals surface area contributed by atoms with Gasteiger partial charge in [-0.1, -0.05) is 5.16 Å². The molecule has 3 heterocycles. The summed E-state index contributed by atoms with van der Waals surface area (Å²) < 4.78 is 25.6. The summed E-state index contributed by atoms with van der Waals surface area (Å²) in [7, 11) is 0. The molecule has 1 aromatic carbocycles. The van der Waals surface area contributed by atoms with E-state index in [1.807, 2.05) is 6.07 Å². The molecule has 0 saturated heterocycles. The highest BCUT2D eigenvalue weighted by Crippen LogP contribution is 2.26. The standard InChI is InChI=1S/C21H16FN5O3/c1-12(20-25-18(26-30-20)14-5-7-15(22)8-6-14)24-19(28)17-13(2)29-21(16(17)11-23)27-9-3-4-10-27/h3-10,12H,1-2H3,(H,24,28)/t12-/m1/s1. The van der Waals surface area contributed by atoms with E-state index in [4.69, 9.17) is 8.94 Å². The number of nitrogens with zero attached hydrogens (tertiary/aromatic N) is 4. The molecule has 0 aliphatic rings. The zero-order valence-corrected chi connectivity index (χ0v) is 16.1. The van der Waals surface area contributed by atoms with Gasteiger partial charge in [-0.2, -0.15) is 10.2 Å². The number of hydrogen-bond donors (Lipinski definition) is 1. The van der Waals surface area contributed by atoms with Gasteiger partial charge in [0.05, 0.1) is 0 Å². The van der Waals surface area contributed by atoms with Crippen LogP contribution >= 0.6 is 0 Å². The van der Waals surface area contributed by atoms with Gasteiger partial charge in [0, 0.05) is 18.0 Å². The topological polar surface area (TPSA) is 110 Å². The first-order valence-corrected chi connectivity index (χ1v) is 9.05.